The van der Waals surface area contributed by atoms with E-state index in [4.69, 9.17) is 5.11 Å². The third-order valence-electron chi connectivity index (χ3n) is 3.91. The molecule has 2 rings (SSSR count). The van der Waals surface area contributed by atoms with Crippen LogP contribution in [0.4, 0.5) is 0 Å². The molecule has 1 saturated heterocycles. The number of hydrogen-bond donors (Lipinski definition) is 1. The molecule has 0 aliphatic carbocycles. The highest BCUT2D eigenvalue weighted by atomic mass is 16.4. The van der Waals surface area contributed by atoms with Gasteiger partial charge >= 0.3 is 5.97 Å². The maximum absolute atomic E-state index is 10.7. The Morgan fingerprint density at radius 2 is 2.37 bits per heavy atom. The van der Waals surface area contributed by atoms with Crippen LogP contribution in [0.1, 0.15) is 44.7 Å². The predicted octanol–water partition coefficient (Wildman–Crippen LogP) is 2.12. The Morgan fingerprint density at radius 3 is 3.11 bits per heavy atom. The van der Waals surface area contributed by atoms with Gasteiger partial charge in [0.05, 0.1) is 5.69 Å². The fourth-order valence-electron chi connectivity index (χ4n) is 2.87. The molecule has 1 N–H and O–H groups in total. The monoisotopic (exact) mass is 265 g/mol. The molecule has 106 valence electrons. The van der Waals surface area contributed by atoms with Crippen LogP contribution < -0.4 is 0 Å². The van der Waals surface area contributed by atoms with E-state index < -0.39 is 5.97 Å². The summed E-state index contributed by atoms with van der Waals surface area (Å²) in [5.74, 6) is -0.691. The van der Waals surface area contributed by atoms with Crippen LogP contribution in [-0.4, -0.2) is 38.3 Å². The van der Waals surface area contributed by atoms with Gasteiger partial charge in [-0.1, -0.05) is 6.42 Å². The van der Waals surface area contributed by atoms with Crippen molar-refractivity contribution in [1.82, 2.24) is 14.7 Å². The molecule has 0 bridgehead atoms. The minimum absolute atomic E-state index is 0.272. The molecule has 1 unspecified atom stereocenters. The average Bonchev–Trinajstić information content (AvgIpc) is 2.85. The highest BCUT2D eigenvalue weighted by Crippen LogP contribution is 2.22. The molecule has 0 spiro atoms. The van der Waals surface area contributed by atoms with E-state index in [9.17, 15) is 4.79 Å². The quantitative estimate of drug-likeness (QED) is 0.856. The topological polar surface area (TPSA) is 58.4 Å². The number of nitrogens with zero attached hydrogens (tertiary/aromatic N) is 3. The molecule has 0 saturated carbocycles. The van der Waals surface area contributed by atoms with Gasteiger partial charge < -0.3 is 5.11 Å². The van der Waals surface area contributed by atoms with Crippen LogP contribution in [-0.2, 0) is 17.9 Å². The summed E-state index contributed by atoms with van der Waals surface area (Å²) < 4.78 is 2.02. The summed E-state index contributed by atoms with van der Waals surface area (Å²) in [6.07, 6.45) is 6.42. The highest BCUT2D eigenvalue weighted by Gasteiger charge is 2.23. The first kappa shape index (κ1) is 14.1. The first-order valence-electron chi connectivity index (χ1n) is 7.17. The molecule has 5 nitrogen and oxygen atoms in total. The molecule has 1 aliphatic rings. The van der Waals surface area contributed by atoms with Gasteiger partial charge in [0.25, 0.3) is 0 Å². The third-order valence-corrected chi connectivity index (χ3v) is 3.91. The van der Waals surface area contributed by atoms with E-state index >= 15 is 0 Å². The van der Waals surface area contributed by atoms with Gasteiger partial charge in [-0.25, -0.2) is 0 Å². The number of carboxylic acids is 1. The van der Waals surface area contributed by atoms with Crippen LogP contribution in [0.3, 0.4) is 0 Å². The number of piperidine rings is 1. The van der Waals surface area contributed by atoms with E-state index in [1.54, 1.807) is 0 Å². The molecule has 0 radical (unpaired) electrons. The van der Waals surface area contributed by atoms with Gasteiger partial charge in [-0.3, -0.25) is 14.4 Å². The van der Waals surface area contributed by atoms with Gasteiger partial charge in [-0.2, -0.15) is 5.10 Å². The average molecular weight is 265 g/mol. The molecule has 1 aliphatic heterocycles. The number of carbonyl (C=O) groups is 1. The zero-order valence-electron chi connectivity index (χ0n) is 11.6. The second-order valence-electron chi connectivity index (χ2n) is 5.19. The summed E-state index contributed by atoms with van der Waals surface area (Å²) in [5.41, 5.74) is 1.23. The molecular formula is C14H23N3O2. The van der Waals surface area contributed by atoms with E-state index in [1.807, 2.05) is 10.9 Å². The lowest BCUT2D eigenvalue weighted by Crippen LogP contribution is -2.39. The Morgan fingerprint density at radius 1 is 1.53 bits per heavy atom. The third kappa shape index (κ3) is 3.80. The van der Waals surface area contributed by atoms with Crippen molar-refractivity contribution in [2.75, 3.05) is 6.54 Å². The van der Waals surface area contributed by atoms with Gasteiger partial charge in [0, 0.05) is 31.7 Å². The van der Waals surface area contributed by atoms with E-state index in [-0.39, 0.29) is 6.42 Å². The Hall–Kier alpha value is -1.36. The molecule has 1 fully saturated rings. The standard InChI is InChI=1S/C14H23N3O2/c1-2-17-13(8-9-15-17)11-16-10-4-3-5-12(16)6-7-14(18)19/h8-9,12H,2-7,10-11H2,1H3,(H,18,19). The summed E-state index contributed by atoms with van der Waals surface area (Å²) in [4.78, 5) is 13.2. The van der Waals surface area contributed by atoms with E-state index in [0.29, 0.717) is 6.04 Å². The van der Waals surface area contributed by atoms with Crippen LogP contribution in [0.25, 0.3) is 0 Å². The molecule has 0 amide bonds. The summed E-state index contributed by atoms with van der Waals surface area (Å²) in [5, 5.41) is 13.1. The Balaban J connectivity index is 1.97. The summed E-state index contributed by atoms with van der Waals surface area (Å²) in [6.45, 7) is 4.93. The van der Waals surface area contributed by atoms with Crippen molar-refractivity contribution in [3.8, 4) is 0 Å². The summed E-state index contributed by atoms with van der Waals surface area (Å²) in [7, 11) is 0. The van der Waals surface area contributed by atoms with Crippen molar-refractivity contribution < 1.29 is 9.90 Å². The predicted molar refractivity (Wildman–Crippen MR) is 72.8 cm³/mol. The van der Waals surface area contributed by atoms with Gasteiger partial charge in [0.15, 0.2) is 0 Å². The van der Waals surface area contributed by atoms with E-state index in [1.165, 1.54) is 18.5 Å². The lowest BCUT2D eigenvalue weighted by molar-refractivity contribution is -0.137. The van der Waals surface area contributed by atoms with Gasteiger partial charge in [-0.15, -0.1) is 0 Å². The SMILES string of the molecule is CCn1nccc1CN1CCCCC1CCC(=O)O. The van der Waals surface area contributed by atoms with Gasteiger partial charge in [0.2, 0.25) is 0 Å². The molecule has 19 heavy (non-hydrogen) atoms. The fraction of sp³-hybridized carbons (Fsp3) is 0.714. The number of aromatic nitrogens is 2. The van der Waals surface area contributed by atoms with E-state index in [0.717, 1.165) is 32.5 Å². The summed E-state index contributed by atoms with van der Waals surface area (Å²) >= 11 is 0. The van der Waals surface area contributed by atoms with Crippen LogP contribution >= 0.6 is 0 Å². The maximum Gasteiger partial charge on any atom is 0.303 e. The number of aryl methyl sites for hydroxylation is 1. The highest BCUT2D eigenvalue weighted by molar-refractivity contribution is 5.66. The lowest BCUT2D eigenvalue weighted by Gasteiger charge is -2.35. The second kappa shape index (κ2) is 6.70. The minimum atomic E-state index is -0.691. The van der Waals surface area contributed by atoms with Gasteiger partial charge in [0.1, 0.15) is 0 Å². The second-order valence-corrected chi connectivity index (χ2v) is 5.19. The Kier molecular flexibility index (Phi) is 4.96. The van der Waals surface area contributed by atoms with Crippen LogP contribution in [0, 0.1) is 0 Å². The maximum atomic E-state index is 10.7. The number of aliphatic carboxylic acids is 1. The molecule has 1 aromatic rings. The number of likely N-dealkylation sites (tertiary alicyclic amines) is 1. The number of hydrogen-bond acceptors (Lipinski definition) is 3. The first-order chi connectivity index (χ1) is 9.20. The first-order valence-corrected chi connectivity index (χ1v) is 7.17. The normalized spacial score (nSPS) is 20.6. The van der Waals surface area contributed by atoms with Crippen molar-refractivity contribution in [2.24, 2.45) is 0 Å². The molecule has 1 atom stereocenters. The van der Waals surface area contributed by atoms with Gasteiger partial charge in [-0.05, 0) is 38.8 Å². The zero-order valence-corrected chi connectivity index (χ0v) is 11.6. The van der Waals surface area contributed by atoms with Crippen LogP contribution in [0.2, 0.25) is 0 Å². The van der Waals surface area contributed by atoms with Crippen LogP contribution in [0.5, 0.6) is 0 Å². The van der Waals surface area contributed by atoms with Crippen molar-refractivity contribution in [3.05, 3.63) is 18.0 Å². The summed E-state index contributed by atoms with van der Waals surface area (Å²) in [6, 6.07) is 2.47. The smallest absolute Gasteiger partial charge is 0.303 e. The molecule has 2 heterocycles. The Bertz CT molecular complexity index is 417. The zero-order chi connectivity index (χ0) is 13.7. The van der Waals surface area contributed by atoms with Crippen molar-refractivity contribution >= 4 is 5.97 Å². The number of rotatable bonds is 6. The molecule has 1 aromatic heterocycles. The molecular weight excluding hydrogens is 242 g/mol. The number of carboxylic acid groups (broad SMARTS) is 1. The minimum Gasteiger partial charge on any atom is -0.481 e. The van der Waals surface area contributed by atoms with Crippen LogP contribution in [0.15, 0.2) is 12.3 Å². The van der Waals surface area contributed by atoms with Crippen molar-refractivity contribution in [3.63, 3.8) is 0 Å². The van der Waals surface area contributed by atoms with Crippen molar-refractivity contribution in [1.29, 1.82) is 0 Å². The van der Waals surface area contributed by atoms with E-state index in [2.05, 4.69) is 23.0 Å². The molecule has 0 aromatic carbocycles. The fourth-order valence-corrected chi connectivity index (χ4v) is 2.87. The Labute approximate surface area is 114 Å². The largest absolute Gasteiger partial charge is 0.481 e. The lowest BCUT2D eigenvalue weighted by atomic mass is 9.97. The van der Waals surface area contributed by atoms with Crippen molar-refractivity contribution in [2.45, 2.75) is 58.2 Å². The molecule has 5 heteroatoms.